The van der Waals surface area contributed by atoms with Crippen LogP contribution in [0.4, 0.5) is 0 Å². The second kappa shape index (κ2) is 5.67. The summed E-state index contributed by atoms with van der Waals surface area (Å²) in [5, 5.41) is 14.6. The van der Waals surface area contributed by atoms with Gasteiger partial charge in [-0.25, -0.2) is 4.79 Å². The molecule has 1 saturated carbocycles. The highest BCUT2D eigenvalue weighted by Crippen LogP contribution is 2.38. The first-order chi connectivity index (χ1) is 8.58. The minimum atomic E-state index is -1.01. The van der Waals surface area contributed by atoms with Gasteiger partial charge in [-0.3, -0.25) is 4.79 Å². The number of carbonyl (C=O) groups excluding carboxylic acids is 1. The van der Waals surface area contributed by atoms with Crippen molar-refractivity contribution in [2.75, 3.05) is 13.2 Å². The van der Waals surface area contributed by atoms with Gasteiger partial charge >= 0.3 is 5.97 Å². The van der Waals surface area contributed by atoms with Gasteiger partial charge in [0.05, 0.1) is 6.10 Å². The molecule has 1 saturated heterocycles. The largest absolute Gasteiger partial charge is 0.480 e. The molecule has 1 aliphatic heterocycles. The maximum absolute atomic E-state index is 11.0. The van der Waals surface area contributed by atoms with Crippen LogP contribution in [0.3, 0.4) is 0 Å². The number of aliphatic carboxylic acids is 1. The molecule has 6 heteroatoms. The summed E-state index contributed by atoms with van der Waals surface area (Å²) in [6.45, 7) is 2.30. The van der Waals surface area contributed by atoms with Crippen molar-refractivity contribution >= 4 is 11.9 Å². The lowest BCUT2D eigenvalue weighted by Gasteiger charge is -2.22. The Morgan fingerprint density at radius 1 is 1.39 bits per heavy atom. The third kappa shape index (κ3) is 3.43. The molecule has 2 fully saturated rings. The normalized spacial score (nSPS) is 28.9. The molecule has 1 heterocycles. The van der Waals surface area contributed by atoms with E-state index in [-0.39, 0.29) is 24.6 Å². The van der Waals surface area contributed by atoms with E-state index >= 15 is 0 Å². The monoisotopic (exact) mass is 256 g/mol. The van der Waals surface area contributed by atoms with Crippen molar-refractivity contribution in [3.8, 4) is 0 Å². The minimum absolute atomic E-state index is 0.216. The Morgan fingerprint density at radius 2 is 2.11 bits per heavy atom. The maximum Gasteiger partial charge on any atom is 0.327 e. The highest BCUT2D eigenvalue weighted by Gasteiger charge is 2.40. The number of hydrogen-bond donors (Lipinski definition) is 3. The van der Waals surface area contributed by atoms with Crippen molar-refractivity contribution in [2.45, 2.75) is 44.4 Å². The zero-order valence-electron chi connectivity index (χ0n) is 10.5. The number of rotatable bonds is 6. The summed E-state index contributed by atoms with van der Waals surface area (Å²) in [7, 11) is 0. The van der Waals surface area contributed by atoms with Crippen molar-refractivity contribution < 1.29 is 19.4 Å². The van der Waals surface area contributed by atoms with Crippen LogP contribution in [-0.2, 0) is 14.3 Å². The Hall–Kier alpha value is -1.14. The molecule has 1 aliphatic carbocycles. The van der Waals surface area contributed by atoms with E-state index in [9.17, 15) is 9.59 Å². The summed E-state index contributed by atoms with van der Waals surface area (Å²) < 4.78 is 5.67. The van der Waals surface area contributed by atoms with Crippen LogP contribution in [0.5, 0.6) is 0 Å². The van der Waals surface area contributed by atoms with E-state index in [2.05, 4.69) is 10.6 Å². The van der Waals surface area contributed by atoms with Crippen LogP contribution in [0.15, 0.2) is 0 Å². The van der Waals surface area contributed by atoms with Crippen molar-refractivity contribution in [3.05, 3.63) is 0 Å². The second-order valence-corrected chi connectivity index (χ2v) is 5.07. The summed E-state index contributed by atoms with van der Waals surface area (Å²) in [4.78, 5) is 21.9. The van der Waals surface area contributed by atoms with Gasteiger partial charge in [0.15, 0.2) is 0 Å². The SMILES string of the molecule is CC(=O)NC(CNC1CCOC1C1CC1)C(=O)O. The molecule has 0 bridgehead atoms. The predicted octanol–water partition coefficient (Wildman–Crippen LogP) is -0.267. The summed E-state index contributed by atoms with van der Waals surface area (Å²) in [5.41, 5.74) is 0. The molecule has 1 amide bonds. The molecule has 3 atom stereocenters. The predicted molar refractivity (Wildman–Crippen MR) is 64.1 cm³/mol. The Balaban J connectivity index is 1.80. The zero-order chi connectivity index (χ0) is 13.1. The van der Waals surface area contributed by atoms with Crippen LogP contribution < -0.4 is 10.6 Å². The minimum Gasteiger partial charge on any atom is -0.480 e. The number of amides is 1. The maximum atomic E-state index is 11.0. The van der Waals surface area contributed by atoms with Gasteiger partial charge in [-0.1, -0.05) is 0 Å². The van der Waals surface area contributed by atoms with Crippen LogP contribution in [-0.4, -0.2) is 48.3 Å². The molecular formula is C12H20N2O4. The first-order valence-corrected chi connectivity index (χ1v) is 6.43. The van der Waals surface area contributed by atoms with E-state index < -0.39 is 12.0 Å². The third-order valence-corrected chi connectivity index (χ3v) is 3.48. The van der Waals surface area contributed by atoms with Crippen molar-refractivity contribution in [2.24, 2.45) is 5.92 Å². The van der Waals surface area contributed by atoms with E-state index in [1.807, 2.05) is 0 Å². The summed E-state index contributed by atoms with van der Waals surface area (Å²) in [5.74, 6) is -0.709. The van der Waals surface area contributed by atoms with Crippen LogP contribution in [0.25, 0.3) is 0 Å². The lowest BCUT2D eigenvalue weighted by Crippen LogP contribution is -2.50. The Morgan fingerprint density at radius 3 is 2.67 bits per heavy atom. The standard InChI is InChI=1S/C12H20N2O4/c1-7(15)14-10(12(16)17)6-13-9-4-5-18-11(9)8-2-3-8/h8-11,13H,2-6H2,1H3,(H,14,15)(H,16,17). The van der Waals surface area contributed by atoms with Crippen LogP contribution >= 0.6 is 0 Å². The van der Waals surface area contributed by atoms with E-state index in [4.69, 9.17) is 9.84 Å². The Kier molecular flexibility index (Phi) is 4.19. The number of ether oxygens (including phenoxy) is 1. The first-order valence-electron chi connectivity index (χ1n) is 6.43. The lowest BCUT2D eigenvalue weighted by molar-refractivity contribution is -0.141. The van der Waals surface area contributed by atoms with Gasteiger partial charge in [-0.15, -0.1) is 0 Å². The summed E-state index contributed by atoms with van der Waals surface area (Å²) in [6, 6.07) is -0.656. The van der Waals surface area contributed by atoms with Crippen LogP contribution in [0, 0.1) is 5.92 Å². The molecular weight excluding hydrogens is 236 g/mol. The van der Waals surface area contributed by atoms with Gasteiger partial charge in [-0.2, -0.15) is 0 Å². The van der Waals surface area contributed by atoms with Gasteiger partial charge in [0.25, 0.3) is 0 Å². The molecule has 102 valence electrons. The van der Waals surface area contributed by atoms with Crippen molar-refractivity contribution in [1.82, 2.24) is 10.6 Å². The first kappa shape index (κ1) is 13.3. The van der Waals surface area contributed by atoms with Gasteiger partial charge in [-0.05, 0) is 25.2 Å². The van der Waals surface area contributed by atoms with E-state index in [0.717, 1.165) is 13.0 Å². The Labute approximate surface area is 106 Å². The third-order valence-electron chi connectivity index (χ3n) is 3.48. The molecule has 0 aromatic carbocycles. The zero-order valence-corrected chi connectivity index (χ0v) is 10.5. The second-order valence-electron chi connectivity index (χ2n) is 5.07. The van der Waals surface area contributed by atoms with Gasteiger partial charge in [0.2, 0.25) is 5.91 Å². The average molecular weight is 256 g/mol. The molecule has 2 rings (SSSR count). The van der Waals surface area contributed by atoms with Gasteiger partial charge in [0, 0.05) is 26.1 Å². The lowest BCUT2D eigenvalue weighted by atomic mass is 10.1. The van der Waals surface area contributed by atoms with Crippen LogP contribution in [0.1, 0.15) is 26.2 Å². The average Bonchev–Trinajstić information content (AvgIpc) is 3.03. The van der Waals surface area contributed by atoms with Gasteiger partial charge < -0.3 is 20.5 Å². The highest BCUT2D eigenvalue weighted by molar-refractivity contribution is 5.82. The highest BCUT2D eigenvalue weighted by atomic mass is 16.5. The molecule has 2 aliphatic rings. The molecule has 0 spiro atoms. The molecule has 0 aromatic heterocycles. The van der Waals surface area contributed by atoms with Crippen molar-refractivity contribution in [3.63, 3.8) is 0 Å². The molecule has 6 nitrogen and oxygen atoms in total. The van der Waals surface area contributed by atoms with E-state index in [1.54, 1.807) is 0 Å². The topological polar surface area (TPSA) is 87.7 Å². The number of carboxylic acids is 1. The quantitative estimate of drug-likeness (QED) is 0.609. The van der Waals surface area contributed by atoms with Gasteiger partial charge in [0.1, 0.15) is 6.04 Å². The van der Waals surface area contributed by atoms with Crippen molar-refractivity contribution in [1.29, 1.82) is 0 Å². The molecule has 3 unspecified atom stereocenters. The fraction of sp³-hybridized carbons (Fsp3) is 0.833. The van der Waals surface area contributed by atoms with E-state index in [1.165, 1.54) is 19.8 Å². The molecule has 3 N–H and O–H groups in total. The number of carboxylic acid groups (broad SMARTS) is 1. The number of nitrogens with one attached hydrogen (secondary N) is 2. The summed E-state index contributed by atoms with van der Waals surface area (Å²) in [6.07, 6.45) is 3.54. The molecule has 18 heavy (non-hydrogen) atoms. The van der Waals surface area contributed by atoms with Crippen LogP contribution in [0.2, 0.25) is 0 Å². The van der Waals surface area contributed by atoms with E-state index in [0.29, 0.717) is 5.92 Å². The smallest absolute Gasteiger partial charge is 0.327 e. The molecule has 0 radical (unpaired) electrons. The fourth-order valence-corrected chi connectivity index (χ4v) is 2.43. The fourth-order valence-electron chi connectivity index (χ4n) is 2.43. The Bertz CT molecular complexity index is 330. The molecule has 0 aromatic rings. The summed E-state index contributed by atoms with van der Waals surface area (Å²) >= 11 is 0. The number of carbonyl (C=O) groups is 2. The number of hydrogen-bond acceptors (Lipinski definition) is 4.